The molecule has 0 heterocycles. The van der Waals surface area contributed by atoms with Crippen molar-refractivity contribution in [2.75, 3.05) is 6.54 Å². The molecule has 0 unspecified atom stereocenters. The quantitative estimate of drug-likeness (QED) is 0.0253. The zero-order valence-electron chi connectivity index (χ0n) is 46.1. The summed E-state index contributed by atoms with van der Waals surface area (Å²) < 4.78 is 0. The molecular weight excluding hydrogens is 1080 g/mol. The number of hydrogen-bond donors (Lipinski definition) is 18. The van der Waals surface area contributed by atoms with Gasteiger partial charge in [0.15, 0.2) is 0 Å². The molecule has 0 aromatic rings. The maximum absolute atomic E-state index is 14.0. The number of aliphatic carboxylic acids is 4. The van der Waals surface area contributed by atoms with Crippen LogP contribution in [0.25, 0.3) is 0 Å². The number of carboxylic acid groups (broad SMARTS) is 4. The Morgan fingerprint density at radius 2 is 0.840 bits per heavy atom. The number of rotatable bonds is 41. The fourth-order valence-corrected chi connectivity index (χ4v) is 7.34. The molecule has 0 rings (SSSR count). The van der Waals surface area contributed by atoms with Gasteiger partial charge in [0.25, 0.3) is 0 Å². The molecule has 0 aliphatic rings. The van der Waals surface area contributed by atoms with Crippen molar-refractivity contribution in [1.29, 1.82) is 0 Å². The van der Waals surface area contributed by atoms with Gasteiger partial charge in [0.2, 0.25) is 65.0 Å². The minimum atomic E-state index is -1.98. The second-order valence-corrected chi connectivity index (χ2v) is 19.7. The van der Waals surface area contributed by atoms with Gasteiger partial charge in [-0.25, -0.2) is 4.79 Å². The van der Waals surface area contributed by atoms with Crippen LogP contribution in [0.5, 0.6) is 0 Å². The maximum atomic E-state index is 14.0. The summed E-state index contributed by atoms with van der Waals surface area (Å²) in [6.07, 6.45) is -6.78. The molecule has 12 atom stereocenters. The van der Waals surface area contributed by atoms with Crippen LogP contribution < -0.4 is 70.8 Å². The third kappa shape index (κ3) is 29.1. The predicted molar refractivity (Wildman–Crippen MR) is 280 cm³/mol. The van der Waals surface area contributed by atoms with E-state index in [1.807, 2.05) is 0 Å². The predicted octanol–water partition coefficient (Wildman–Crippen LogP) is -6.27. The molecule has 0 aromatic heterocycles. The normalized spacial score (nSPS) is 15.5. The number of carbonyl (C=O) groups is 15. The van der Waals surface area contributed by atoms with Crippen molar-refractivity contribution in [3.8, 4) is 0 Å². The average molecular weight is 1160 g/mol. The zero-order valence-corrected chi connectivity index (χ0v) is 46.1. The number of carbonyl (C=O) groups excluding carboxylic acids is 11. The summed E-state index contributed by atoms with van der Waals surface area (Å²) in [5.41, 5.74) is 22.1. The van der Waals surface area contributed by atoms with Crippen LogP contribution in [0.15, 0.2) is 0 Å². The second kappa shape index (κ2) is 37.0. The lowest BCUT2D eigenvalue weighted by Crippen LogP contribution is -2.61. The summed E-state index contributed by atoms with van der Waals surface area (Å²) in [4.78, 5) is 193. The van der Waals surface area contributed by atoms with Gasteiger partial charge in [0.05, 0.1) is 25.0 Å². The lowest BCUT2D eigenvalue weighted by atomic mass is 9.99. The molecule has 22 N–H and O–H groups in total. The summed E-state index contributed by atoms with van der Waals surface area (Å²) in [6.45, 7) is 9.02. The highest BCUT2D eigenvalue weighted by molar-refractivity contribution is 6.00. The molecule has 0 bridgehead atoms. The van der Waals surface area contributed by atoms with E-state index in [1.165, 1.54) is 0 Å². The molecule has 81 heavy (non-hydrogen) atoms. The molecule has 33 nitrogen and oxygen atoms in total. The molecule has 458 valence electrons. The van der Waals surface area contributed by atoms with Crippen molar-refractivity contribution >= 4 is 88.9 Å². The highest BCUT2D eigenvalue weighted by Gasteiger charge is 2.37. The van der Waals surface area contributed by atoms with Gasteiger partial charge >= 0.3 is 23.9 Å². The number of nitrogens with one attached hydrogen (secondary N) is 9. The molecule has 0 radical (unpaired) electrons. The summed E-state index contributed by atoms with van der Waals surface area (Å²) in [5.74, 6) is -19.5. The monoisotopic (exact) mass is 1160 g/mol. The molecule has 33 heteroatoms. The smallest absolute Gasteiger partial charge is 0.326 e. The molecule has 0 aliphatic carbocycles. The van der Waals surface area contributed by atoms with Gasteiger partial charge in [-0.3, -0.25) is 67.1 Å². The van der Waals surface area contributed by atoms with Crippen molar-refractivity contribution in [3.05, 3.63) is 0 Å². The summed E-state index contributed by atoms with van der Waals surface area (Å²) in [5, 5.41) is 68.4. The van der Waals surface area contributed by atoms with Gasteiger partial charge in [-0.2, -0.15) is 0 Å². The number of nitrogens with two attached hydrogens (primary N) is 4. The Morgan fingerprint density at radius 1 is 0.432 bits per heavy atom. The lowest BCUT2D eigenvalue weighted by molar-refractivity contribution is -0.143. The van der Waals surface area contributed by atoms with Crippen molar-refractivity contribution in [2.24, 2.45) is 34.8 Å². The van der Waals surface area contributed by atoms with E-state index in [2.05, 4.69) is 47.9 Å². The van der Waals surface area contributed by atoms with Gasteiger partial charge in [-0.1, -0.05) is 34.1 Å². The van der Waals surface area contributed by atoms with E-state index >= 15 is 0 Å². The highest BCUT2D eigenvalue weighted by atomic mass is 16.4. The van der Waals surface area contributed by atoms with Crippen molar-refractivity contribution < 1.29 is 97.5 Å². The van der Waals surface area contributed by atoms with Crippen LogP contribution in [0.2, 0.25) is 0 Å². The highest BCUT2D eigenvalue weighted by Crippen LogP contribution is 2.12. The number of unbranched alkanes of at least 4 members (excludes halogenated alkanes) is 1. The van der Waals surface area contributed by atoms with Gasteiger partial charge in [0.1, 0.15) is 54.4 Å². The average Bonchev–Trinajstić information content (AvgIpc) is 3.36. The van der Waals surface area contributed by atoms with Gasteiger partial charge in [-0.15, -0.1) is 0 Å². The second-order valence-electron chi connectivity index (χ2n) is 19.7. The van der Waals surface area contributed by atoms with Crippen LogP contribution >= 0.6 is 0 Å². The third-order valence-electron chi connectivity index (χ3n) is 12.2. The minimum Gasteiger partial charge on any atom is -0.481 e. The Hall–Kier alpha value is -8.07. The topological polar surface area (TPSA) is 570 Å². The van der Waals surface area contributed by atoms with Crippen molar-refractivity contribution in [3.63, 3.8) is 0 Å². The van der Waals surface area contributed by atoms with E-state index in [9.17, 15) is 97.5 Å². The third-order valence-corrected chi connectivity index (χ3v) is 12.2. The molecule has 0 spiro atoms. The lowest BCUT2D eigenvalue weighted by Gasteiger charge is -2.28. The van der Waals surface area contributed by atoms with E-state index in [0.717, 1.165) is 13.8 Å². The molecule has 0 saturated heterocycles. The van der Waals surface area contributed by atoms with Crippen molar-refractivity contribution in [1.82, 2.24) is 47.9 Å². The van der Waals surface area contributed by atoms with E-state index in [4.69, 9.17) is 22.9 Å². The number of hydrogen-bond acceptors (Lipinski definition) is 18. The largest absolute Gasteiger partial charge is 0.481 e. The molecule has 11 amide bonds. The number of carboxylic acids is 4. The summed E-state index contributed by atoms with van der Waals surface area (Å²) in [7, 11) is 0. The van der Waals surface area contributed by atoms with E-state index in [-0.39, 0.29) is 25.3 Å². The van der Waals surface area contributed by atoms with Crippen LogP contribution in [0.1, 0.15) is 125 Å². The first-order valence-corrected chi connectivity index (χ1v) is 26.0. The van der Waals surface area contributed by atoms with Crippen LogP contribution in [0.4, 0.5) is 0 Å². The van der Waals surface area contributed by atoms with Crippen LogP contribution in [-0.4, -0.2) is 187 Å². The SMILES string of the molecule is CC[C@H](C)[C@H](N)C(=O)N[C@@H](CC(=O)O)C(=O)N[C@@H](CCC(=O)O)C(=O)N[C@@H](C)C(=O)N[C@@H](CC(N)=O)C(=O)N[C@@H](CCC(N)=O)C(=O)N[C@@H](CCC(=O)O)C(=O)N[C@@H](CC(C)C)C(=O)N[C@H](C(=O)N[C@@H](CCCCN)C(=O)O)[C@@H](C)O. The maximum Gasteiger partial charge on any atom is 0.326 e. The first-order valence-electron chi connectivity index (χ1n) is 26.0. The van der Waals surface area contributed by atoms with E-state index in [1.54, 1.807) is 27.7 Å². The van der Waals surface area contributed by atoms with Gasteiger partial charge in [0, 0.05) is 19.3 Å². The molecule has 0 fully saturated rings. The number of amides is 11. The molecular formula is C48H81N13O20. The molecule has 0 saturated carbocycles. The van der Waals surface area contributed by atoms with Crippen LogP contribution in [-0.2, 0) is 71.9 Å². The molecule has 0 aromatic carbocycles. The Morgan fingerprint density at radius 3 is 1.25 bits per heavy atom. The summed E-state index contributed by atoms with van der Waals surface area (Å²) in [6, 6.07) is -16.9. The Labute approximate surface area is 466 Å². The fraction of sp³-hybridized carbons (Fsp3) is 0.688. The summed E-state index contributed by atoms with van der Waals surface area (Å²) >= 11 is 0. The fourth-order valence-electron chi connectivity index (χ4n) is 7.34. The van der Waals surface area contributed by atoms with Gasteiger partial charge in [-0.05, 0) is 77.2 Å². The Bertz CT molecular complexity index is 2250. The first-order chi connectivity index (χ1) is 37.6. The van der Waals surface area contributed by atoms with Gasteiger partial charge < -0.3 is 96.3 Å². The standard InChI is InChI=1S/C48H81N13O20/c1-7-22(4)37(52)46(78)60-31(20-36(69)70)44(76)56-26(12-15-34(65)66)40(72)53-23(5)39(71)58-30(19-33(51)64)43(75)55-25(11-14-32(50)63)41(73)54-27(13-16-35(67)68)42(74)59-29(18-21(2)3)45(77)61-38(24(6)62)47(79)57-28(48(80)81)10-8-9-17-49/h21-31,37-38,62H,7-20,49,52H2,1-6H3,(H2,50,63)(H2,51,64)(H,53,72)(H,54,73)(H,55,75)(H,56,76)(H,57,79)(H,58,71)(H,59,74)(H,60,78)(H,61,77)(H,65,66)(H,67,68)(H,69,70)(H,80,81)/t22-,23-,24+,25-,26-,27-,28-,29-,30-,31-,37-,38-/m0/s1. The molecule has 0 aliphatic heterocycles. The van der Waals surface area contributed by atoms with Crippen molar-refractivity contribution in [2.45, 2.75) is 192 Å². The zero-order chi connectivity index (χ0) is 62.4. The minimum absolute atomic E-state index is 0.0412. The number of aliphatic hydroxyl groups excluding tert-OH is 1. The Balaban J connectivity index is 6.72. The number of aliphatic hydroxyl groups is 1. The van der Waals surface area contributed by atoms with E-state index in [0.29, 0.717) is 19.3 Å². The Kier molecular flexibility index (Phi) is 33.3. The van der Waals surface area contributed by atoms with Crippen LogP contribution in [0, 0.1) is 11.8 Å². The first kappa shape index (κ1) is 72.9. The van der Waals surface area contributed by atoms with E-state index < -0.39 is 213 Å². The number of primary amides is 2. The van der Waals surface area contributed by atoms with Crippen LogP contribution in [0.3, 0.4) is 0 Å².